The molecule has 0 aliphatic rings. The zero-order valence-electron chi connectivity index (χ0n) is 8.39. The summed E-state index contributed by atoms with van der Waals surface area (Å²) >= 11 is 7.40. The number of benzene rings is 1. The van der Waals surface area contributed by atoms with E-state index in [-0.39, 0.29) is 0 Å². The van der Waals surface area contributed by atoms with Gasteiger partial charge in [0.25, 0.3) is 0 Å². The Labute approximate surface area is 111 Å². The number of hydrogen-bond donors (Lipinski definition) is 0. The second-order valence-corrected chi connectivity index (χ2v) is 6.37. The van der Waals surface area contributed by atoms with Crippen molar-refractivity contribution in [1.29, 1.82) is 0 Å². The summed E-state index contributed by atoms with van der Waals surface area (Å²) in [7, 11) is 0. The van der Waals surface area contributed by atoms with Crippen LogP contribution in [0.25, 0.3) is 10.1 Å². The lowest BCUT2D eigenvalue weighted by Crippen LogP contribution is -1.86. The first-order valence-corrected chi connectivity index (χ1v) is 7.67. The monoisotopic (exact) mass is 308 g/mol. The lowest BCUT2D eigenvalue weighted by atomic mass is 10.1. The highest BCUT2D eigenvalue weighted by atomic mass is 79.9. The van der Waals surface area contributed by atoms with Crippen molar-refractivity contribution in [3.63, 3.8) is 0 Å². The largest absolute Gasteiger partial charge is 0.147 e. The molecule has 0 nitrogen and oxygen atoms in total. The molecule has 80 valence electrons. The molecule has 0 spiro atoms. The second kappa shape index (κ2) is 4.32. The summed E-state index contributed by atoms with van der Waals surface area (Å²) in [4.78, 5) is 1.69. The Bertz CT molecular complexity index is 595. The van der Waals surface area contributed by atoms with Crippen LogP contribution in [0.4, 0.5) is 0 Å². The molecule has 0 amide bonds. The van der Waals surface area contributed by atoms with Gasteiger partial charge in [-0.2, -0.15) is 0 Å². The van der Waals surface area contributed by atoms with Gasteiger partial charge in [0.15, 0.2) is 0 Å². The predicted octanol–water partition coefficient (Wildman–Crippen LogP) is 5.45. The molecule has 1 atom stereocenters. The highest BCUT2D eigenvalue weighted by Crippen LogP contribution is 2.39. The Balaban J connectivity index is 2.12. The molecular formula is C13H9BrS2. The lowest BCUT2D eigenvalue weighted by molar-refractivity contribution is 1.27. The molecule has 0 aliphatic carbocycles. The van der Waals surface area contributed by atoms with Crippen LogP contribution in [0.1, 0.15) is 15.3 Å². The normalized spacial score (nSPS) is 13.1. The van der Waals surface area contributed by atoms with Crippen molar-refractivity contribution in [2.24, 2.45) is 0 Å². The van der Waals surface area contributed by atoms with Crippen LogP contribution in [-0.2, 0) is 0 Å². The van der Waals surface area contributed by atoms with E-state index < -0.39 is 0 Å². The lowest BCUT2D eigenvalue weighted by Gasteiger charge is -2.06. The minimum atomic E-state index is 0.323. The number of halogens is 1. The van der Waals surface area contributed by atoms with Crippen molar-refractivity contribution in [3.8, 4) is 0 Å². The van der Waals surface area contributed by atoms with E-state index in [2.05, 4.69) is 63.1 Å². The standard InChI is InChI=1S/C13H9BrS2/c14-13(12-6-3-7-15-12)10-8-16-11-5-2-1-4-9(10)11/h1-8,13H. The van der Waals surface area contributed by atoms with Gasteiger partial charge in [0.2, 0.25) is 0 Å². The van der Waals surface area contributed by atoms with Crippen molar-refractivity contribution in [2.75, 3.05) is 0 Å². The Hall–Kier alpha value is -0.640. The number of alkyl halides is 1. The van der Waals surface area contributed by atoms with Crippen molar-refractivity contribution in [1.82, 2.24) is 0 Å². The molecule has 0 bridgehead atoms. The van der Waals surface area contributed by atoms with Crippen LogP contribution in [0.15, 0.2) is 47.2 Å². The molecule has 0 aliphatic heterocycles. The quantitative estimate of drug-likeness (QED) is 0.552. The van der Waals surface area contributed by atoms with Gasteiger partial charge >= 0.3 is 0 Å². The van der Waals surface area contributed by atoms with Crippen LogP contribution in [0.3, 0.4) is 0 Å². The summed E-state index contributed by atoms with van der Waals surface area (Å²) in [5.74, 6) is 0. The minimum absolute atomic E-state index is 0.323. The van der Waals surface area contributed by atoms with E-state index in [1.807, 2.05) is 11.3 Å². The van der Waals surface area contributed by atoms with Crippen molar-refractivity contribution in [2.45, 2.75) is 4.83 Å². The van der Waals surface area contributed by atoms with Crippen LogP contribution >= 0.6 is 38.6 Å². The maximum atomic E-state index is 3.79. The van der Waals surface area contributed by atoms with E-state index in [1.54, 1.807) is 11.3 Å². The SMILES string of the molecule is BrC(c1cccs1)c1csc2ccccc12. The highest BCUT2D eigenvalue weighted by molar-refractivity contribution is 9.09. The maximum absolute atomic E-state index is 3.79. The first-order chi connectivity index (χ1) is 7.86. The molecule has 0 N–H and O–H groups in total. The highest BCUT2D eigenvalue weighted by Gasteiger charge is 2.15. The molecule has 0 saturated carbocycles. The fourth-order valence-corrected chi connectivity index (χ4v) is 4.52. The van der Waals surface area contributed by atoms with Crippen molar-refractivity contribution >= 4 is 48.7 Å². The minimum Gasteiger partial charge on any atom is -0.147 e. The molecule has 0 radical (unpaired) electrons. The molecule has 1 unspecified atom stereocenters. The third-order valence-corrected chi connectivity index (χ3v) is 5.79. The van der Waals surface area contributed by atoms with Gasteiger partial charge in [0.05, 0.1) is 4.83 Å². The van der Waals surface area contributed by atoms with Crippen LogP contribution in [0.5, 0.6) is 0 Å². The van der Waals surface area contributed by atoms with E-state index in [0.29, 0.717) is 4.83 Å². The van der Waals surface area contributed by atoms with Gasteiger partial charge in [-0.15, -0.1) is 22.7 Å². The molecule has 0 saturated heterocycles. The van der Waals surface area contributed by atoms with Gasteiger partial charge in [0, 0.05) is 9.58 Å². The smallest absolute Gasteiger partial charge is 0.0752 e. The summed E-state index contributed by atoms with van der Waals surface area (Å²) in [5.41, 5.74) is 1.38. The summed E-state index contributed by atoms with van der Waals surface area (Å²) in [5, 5.41) is 5.74. The summed E-state index contributed by atoms with van der Waals surface area (Å²) in [6.45, 7) is 0. The Morgan fingerprint density at radius 1 is 1.00 bits per heavy atom. The van der Waals surface area contributed by atoms with Gasteiger partial charge in [-0.05, 0) is 33.8 Å². The molecule has 1 aromatic carbocycles. The van der Waals surface area contributed by atoms with Crippen LogP contribution in [0, 0.1) is 0 Å². The van der Waals surface area contributed by atoms with E-state index >= 15 is 0 Å². The van der Waals surface area contributed by atoms with Crippen molar-refractivity contribution in [3.05, 3.63) is 57.6 Å². The molecule has 2 aromatic heterocycles. The average Bonchev–Trinajstić information content (AvgIpc) is 2.98. The van der Waals surface area contributed by atoms with Gasteiger partial charge in [-0.3, -0.25) is 0 Å². The number of hydrogen-bond acceptors (Lipinski definition) is 2. The topological polar surface area (TPSA) is 0 Å². The predicted molar refractivity (Wildman–Crippen MR) is 76.9 cm³/mol. The average molecular weight is 309 g/mol. The molecular weight excluding hydrogens is 300 g/mol. The zero-order chi connectivity index (χ0) is 11.0. The summed E-state index contributed by atoms with van der Waals surface area (Å²) in [6.07, 6.45) is 0. The van der Waals surface area contributed by atoms with Crippen LogP contribution in [-0.4, -0.2) is 0 Å². The van der Waals surface area contributed by atoms with E-state index in [9.17, 15) is 0 Å². The van der Waals surface area contributed by atoms with E-state index in [1.165, 1.54) is 20.5 Å². The van der Waals surface area contributed by atoms with Gasteiger partial charge in [0.1, 0.15) is 0 Å². The first-order valence-electron chi connectivity index (χ1n) is 5.00. The molecule has 3 heteroatoms. The third kappa shape index (κ3) is 1.73. The Kier molecular flexibility index (Phi) is 2.84. The first kappa shape index (κ1) is 10.5. The van der Waals surface area contributed by atoms with Crippen LogP contribution in [0.2, 0.25) is 0 Å². The fraction of sp³-hybridized carbons (Fsp3) is 0.0769. The number of fused-ring (bicyclic) bond motifs is 1. The summed E-state index contributed by atoms with van der Waals surface area (Å²) in [6, 6.07) is 12.9. The van der Waals surface area contributed by atoms with Gasteiger partial charge in [-0.25, -0.2) is 0 Å². The van der Waals surface area contributed by atoms with Crippen LogP contribution < -0.4 is 0 Å². The number of rotatable bonds is 2. The van der Waals surface area contributed by atoms with Gasteiger partial charge < -0.3 is 0 Å². The Morgan fingerprint density at radius 3 is 2.69 bits per heavy atom. The summed E-state index contributed by atoms with van der Waals surface area (Å²) < 4.78 is 1.36. The third-order valence-electron chi connectivity index (χ3n) is 2.58. The van der Waals surface area contributed by atoms with Gasteiger partial charge in [-0.1, -0.05) is 40.2 Å². The number of thiophene rings is 2. The molecule has 0 fully saturated rings. The molecule has 2 heterocycles. The maximum Gasteiger partial charge on any atom is 0.0752 e. The zero-order valence-corrected chi connectivity index (χ0v) is 11.6. The molecule has 3 rings (SSSR count). The van der Waals surface area contributed by atoms with E-state index in [0.717, 1.165) is 0 Å². The molecule has 16 heavy (non-hydrogen) atoms. The van der Waals surface area contributed by atoms with E-state index in [4.69, 9.17) is 0 Å². The fourth-order valence-electron chi connectivity index (χ4n) is 1.78. The van der Waals surface area contributed by atoms with Crippen molar-refractivity contribution < 1.29 is 0 Å². The Morgan fingerprint density at radius 2 is 1.88 bits per heavy atom. The molecule has 3 aromatic rings. The second-order valence-electron chi connectivity index (χ2n) is 3.57.